The SMILES string of the molecule is C#CCCCCCCCCC1CC(C)=C(C)CO1. The molecule has 0 radical (unpaired) electrons. The van der Waals surface area contributed by atoms with Crippen LogP contribution in [0.1, 0.15) is 71.6 Å². The summed E-state index contributed by atoms with van der Waals surface area (Å²) in [5, 5.41) is 0. The average molecular weight is 248 g/mol. The molecule has 1 heterocycles. The molecule has 1 nitrogen and oxygen atoms in total. The van der Waals surface area contributed by atoms with E-state index in [9.17, 15) is 0 Å². The summed E-state index contributed by atoms with van der Waals surface area (Å²) in [5.74, 6) is 2.70. The highest BCUT2D eigenvalue weighted by atomic mass is 16.5. The molecule has 0 aromatic carbocycles. The van der Waals surface area contributed by atoms with E-state index >= 15 is 0 Å². The van der Waals surface area contributed by atoms with E-state index in [0.717, 1.165) is 19.4 Å². The molecule has 1 aliphatic rings. The van der Waals surface area contributed by atoms with Crippen molar-refractivity contribution in [1.82, 2.24) is 0 Å². The Labute approximate surface area is 113 Å². The minimum Gasteiger partial charge on any atom is -0.374 e. The molecule has 0 bridgehead atoms. The number of ether oxygens (including phenoxy) is 1. The molecule has 0 aromatic heterocycles. The molecule has 102 valence electrons. The van der Waals surface area contributed by atoms with Gasteiger partial charge >= 0.3 is 0 Å². The van der Waals surface area contributed by atoms with Gasteiger partial charge in [-0.3, -0.25) is 0 Å². The van der Waals surface area contributed by atoms with E-state index < -0.39 is 0 Å². The second-order valence-corrected chi connectivity index (χ2v) is 5.56. The maximum Gasteiger partial charge on any atom is 0.0680 e. The van der Waals surface area contributed by atoms with E-state index in [1.54, 1.807) is 5.57 Å². The predicted octanol–water partition coefficient (Wildman–Crippen LogP) is 4.87. The molecule has 0 spiro atoms. The molecule has 1 unspecified atom stereocenters. The summed E-state index contributed by atoms with van der Waals surface area (Å²) in [5.41, 5.74) is 2.97. The molecule has 18 heavy (non-hydrogen) atoms. The van der Waals surface area contributed by atoms with Gasteiger partial charge in [-0.05, 0) is 38.7 Å². The highest BCUT2D eigenvalue weighted by Gasteiger charge is 2.16. The third-order valence-corrected chi connectivity index (χ3v) is 3.90. The quantitative estimate of drug-likeness (QED) is 0.338. The molecular formula is C17H28O. The van der Waals surface area contributed by atoms with Crippen molar-refractivity contribution in [3.05, 3.63) is 11.1 Å². The number of terminal acetylenes is 1. The van der Waals surface area contributed by atoms with Crippen molar-refractivity contribution in [1.29, 1.82) is 0 Å². The topological polar surface area (TPSA) is 9.23 Å². The summed E-state index contributed by atoms with van der Waals surface area (Å²) in [6, 6.07) is 0. The molecule has 0 fully saturated rings. The highest BCUT2D eigenvalue weighted by molar-refractivity contribution is 5.13. The molecule has 0 aromatic rings. The molecular weight excluding hydrogens is 220 g/mol. The molecule has 1 heteroatoms. The summed E-state index contributed by atoms with van der Waals surface area (Å²) in [6.07, 6.45) is 16.9. The van der Waals surface area contributed by atoms with Crippen LogP contribution in [0.15, 0.2) is 11.1 Å². The van der Waals surface area contributed by atoms with Crippen molar-refractivity contribution >= 4 is 0 Å². The Morgan fingerprint density at radius 2 is 1.72 bits per heavy atom. The predicted molar refractivity (Wildman–Crippen MR) is 78.5 cm³/mol. The van der Waals surface area contributed by atoms with Crippen LogP contribution in [-0.4, -0.2) is 12.7 Å². The zero-order chi connectivity index (χ0) is 13.2. The zero-order valence-electron chi connectivity index (χ0n) is 12.1. The maximum absolute atomic E-state index is 5.84. The van der Waals surface area contributed by atoms with Crippen molar-refractivity contribution in [3.8, 4) is 12.3 Å². The molecule has 1 rings (SSSR count). The smallest absolute Gasteiger partial charge is 0.0680 e. The number of rotatable bonds is 8. The van der Waals surface area contributed by atoms with Gasteiger partial charge in [0, 0.05) is 6.42 Å². The van der Waals surface area contributed by atoms with Gasteiger partial charge in [0.05, 0.1) is 12.7 Å². The minimum absolute atomic E-state index is 0.482. The van der Waals surface area contributed by atoms with Crippen LogP contribution in [0.4, 0.5) is 0 Å². The molecule has 1 atom stereocenters. The van der Waals surface area contributed by atoms with Gasteiger partial charge in [0.2, 0.25) is 0 Å². The average Bonchev–Trinajstić information content (AvgIpc) is 2.37. The fourth-order valence-corrected chi connectivity index (χ4v) is 2.43. The standard InChI is InChI=1S/C17H28O/c1-4-5-6-7-8-9-10-11-12-17-13-15(2)16(3)14-18-17/h1,17H,5-14H2,2-3H3. The largest absolute Gasteiger partial charge is 0.374 e. The van der Waals surface area contributed by atoms with Crippen LogP contribution in [0.25, 0.3) is 0 Å². The lowest BCUT2D eigenvalue weighted by Gasteiger charge is -2.25. The first-order valence-corrected chi connectivity index (χ1v) is 7.44. The van der Waals surface area contributed by atoms with Crippen LogP contribution in [0.5, 0.6) is 0 Å². The van der Waals surface area contributed by atoms with Gasteiger partial charge in [-0.15, -0.1) is 12.3 Å². The molecule has 0 saturated carbocycles. The van der Waals surface area contributed by atoms with E-state index in [1.165, 1.54) is 50.5 Å². The zero-order valence-corrected chi connectivity index (χ0v) is 12.1. The van der Waals surface area contributed by atoms with Gasteiger partial charge in [0.25, 0.3) is 0 Å². The van der Waals surface area contributed by atoms with Gasteiger partial charge in [0.1, 0.15) is 0 Å². The van der Waals surface area contributed by atoms with Crippen LogP contribution in [0.2, 0.25) is 0 Å². The Balaban J connectivity index is 1.94. The fraction of sp³-hybridized carbons (Fsp3) is 0.765. The van der Waals surface area contributed by atoms with Gasteiger partial charge in [-0.1, -0.05) is 37.7 Å². The van der Waals surface area contributed by atoms with Crippen LogP contribution >= 0.6 is 0 Å². The summed E-state index contributed by atoms with van der Waals surface area (Å²) >= 11 is 0. The Bertz CT molecular complexity index is 295. The van der Waals surface area contributed by atoms with E-state index in [0.29, 0.717) is 6.10 Å². The van der Waals surface area contributed by atoms with E-state index in [-0.39, 0.29) is 0 Å². The first-order chi connectivity index (χ1) is 8.74. The first kappa shape index (κ1) is 15.3. The monoisotopic (exact) mass is 248 g/mol. The van der Waals surface area contributed by atoms with Crippen molar-refractivity contribution in [3.63, 3.8) is 0 Å². The number of hydrogen-bond donors (Lipinski definition) is 0. The number of hydrogen-bond acceptors (Lipinski definition) is 1. The minimum atomic E-state index is 0.482. The normalized spacial score (nSPS) is 19.9. The second-order valence-electron chi connectivity index (χ2n) is 5.56. The van der Waals surface area contributed by atoms with Crippen LogP contribution in [0, 0.1) is 12.3 Å². The molecule has 0 N–H and O–H groups in total. The maximum atomic E-state index is 5.84. The lowest BCUT2D eigenvalue weighted by atomic mass is 9.97. The Morgan fingerprint density at radius 3 is 2.39 bits per heavy atom. The van der Waals surface area contributed by atoms with Gasteiger partial charge in [0.15, 0.2) is 0 Å². The van der Waals surface area contributed by atoms with Crippen LogP contribution < -0.4 is 0 Å². The Kier molecular flexibility index (Phi) is 7.85. The summed E-state index contributed by atoms with van der Waals surface area (Å²) in [6.45, 7) is 5.28. The van der Waals surface area contributed by atoms with Gasteiger partial charge in [-0.25, -0.2) is 0 Å². The Hall–Kier alpha value is -0.740. The van der Waals surface area contributed by atoms with Crippen molar-refractivity contribution < 1.29 is 4.74 Å². The fourth-order valence-electron chi connectivity index (χ4n) is 2.43. The lowest BCUT2D eigenvalue weighted by Crippen LogP contribution is -2.20. The summed E-state index contributed by atoms with van der Waals surface area (Å²) < 4.78 is 5.84. The lowest BCUT2D eigenvalue weighted by molar-refractivity contribution is 0.0504. The Morgan fingerprint density at radius 1 is 1.06 bits per heavy atom. The van der Waals surface area contributed by atoms with Crippen LogP contribution in [-0.2, 0) is 4.74 Å². The van der Waals surface area contributed by atoms with Crippen molar-refractivity contribution in [2.24, 2.45) is 0 Å². The summed E-state index contributed by atoms with van der Waals surface area (Å²) in [7, 11) is 0. The third kappa shape index (κ3) is 6.26. The third-order valence-electron chi connectivity index (χ3n) is 3.90. The highest BCUT2D eigenvalue weighted by Crippen LogP contribution is 2.23. The molecule has 0 aliphatic carbocycles. The first-order valence-electron chi connectivity index (χ1n) is 7.44. The van der Waals surface area contributed by atoms with Crippen molar-refractivity contribution in [2.45, 2.75) is 77.7 Å². The van der Waals surface area contributed by atoms with Crippen LogP contribution in [0.3, 0.4) is 0 Å². The van der Waals surface area contributed by atoms with E-state index in [4.69, 9.17) is 11.2 Å². The van der Waals surface area contributed by atoms with Crippen molar-refractivity contribution in [2.75, 3.05) is 6.61 Å². The molecule has 1 aliphatic heterocycles. The second kappa shape index (κ2) is 9.22. The van der Waals surface area contributed by atoms with Gasteiger partial charge in [-0.2, -0.15) is 0 Å². The van der Waals surface area contributed by atoms with E-state index in [1.807, 2.05) is 0 Å². The summed E-state index contributed by atoms with van der Waals surface area (Å²) in [4.78, 5) is 0. The van der Waals surface area contributed by atoms with E-state index in [2.05, 4.69) is 19.8 Å². The molecule has 0 amide bonds. The molecule has 0 saturated heterocycles. The number of unbranched alkanes of at least 4 members (excludes halogenated alkanes) is 6. The van der Waals surface area contributed by atoms with Gasteiger partial charge < -0.3 is 4.74 Å².